The van der Waals surface area contributed by atoms with Crippen LogP contribution in [0, 0.1) is 5.41 Å². The van der Waals surface area contributed by atoms with Crippen molar-refractivity contribution in [3.8, 4) is 0 Å². The predicted octanol–water partition coefficient (Wildman–Crippen LogP) is 1.84. The van der Waals surface area contributed by atoms with Gasteiger partial charge in [-0.2, -0.15) is 0 Å². The van der Waals surface area contributed by atoms with Gasteiger partial charge >= 0.3 is 5.97 Å². The lowest BCUT2D eigenvalue weighted by Gasteiger charge is -2.45. The molecule has 4 nitrogen and oxygen atoms in total. The average Bonchev–Trinajstić information content (AvgIpc) is 2.73. The highest BCUT2D eigenvalue weighted by molar-refractivity contribution is 5.77. The zero-order chi connectivity index (χ0) is 14.2. The van der Waals surface area contributed by atoms with E-state index in [0.717, 1.165) is 19.5 Å². The smallest absolute Gasteiger partial charge is 0.312 e. The minimum atomic E-state index is -0.423. The fourth-order valence-corrected chi connectivity index (χ4v) is 3.52. The van der Waals surface area contributed by atoms with E-state index in [2.05, 4.69) is 29.2 Å². The molecule has 20 heavy (non-hydrogen) atoms. The number of likely N-dealkylation sites (tertiary alicyclic amines) is 1. The van der Waals surface area contributed by atoms with Crippen LogP contribution in [-0.2, 0) is 20.8 Å². The van der Waals surface area contributed by atoms with Crippen molar-refractivity contribution in [1.82, 2.24) is 4.90 Å². The Bertz CT molecular complexity index is 498. The van der Waals surface area contributed by atoms with E-state index in [-0.39, 0.29) is 11.5 Å². The van der Waals surface area contributed by atoms with Crippen molar-refractivity contribution >= 4 is 5.97 Å². The molecule has 108 valence electrons. The monoisotopic (exact) mass is 275 g/mol. The van der Waals surface area contributed by atoms with Gasteiger partial charge in [0.25, 0.3) is 0 Å². The Kier molecular flexibility index (Phi) is 3.30. The molecule has 0 saturated carbocycles. The molecule has 2 saturated heterocycles. The first kappa shape index (κ1) is 13.6. The Labute approximate surface area is 119 Å². The van der Waals surface area contributed by atoms with Gasteiger partial charge in [0.1, 0.15) is 0 Å². The largest absolute Gasteiger partial charge is 0.469 e. The second-order valence-electron chi connectivity index (χ2n) is 6.29. The molecule has 3 rings (SSSR count). The zero-order valence-corrected chi connectivity index (χ0v) is 12.1. The molecule has 0 N–H and O–H groups in total. The summed E-state index contributed by atoms with van der Waals surface area (Å²) in [6.07, 6.45) is 0.819. The lowest BCUT2D eigenvalue weighted by atomic mass is 9.81. The van der Waals surface area contributed by atoms with Crippen LogP contribution in [0.25, 0.3) is 0 Å². The Hall–Kier alpha value is -1.39. The number of methoxy groups -OCH3 is 1. The first-order valence-corrected chi connectivity index (χ1v) is 7.03. The zero-order valence-electron chi connectivity index (χ0n) is 12.1. The van der Waals surface area contributed by atoms with E-state index in [1.54, 1.807) is 0 Å². The van der Waals surface area contributed by atoms with E-state index in [9.17, 15) is 4.79 Å². The maximum Gasteiger partial charge on any atom is 0.312 e. The molecule has 2 fully saturated rings. The number of ether oxygens (including phenoxy) is 2. The number of nitrogens with zero attached hydrogens (tertiary/aromatic N) is 1. The summed E-state index contributed by atoms with van der Waals surface area (Å²) in [7, 11) is 1.47. The molecule has 0 radical (unpaired) electrons. The summed E-state index contributed by atoms with van der Waals surface area (Å²) in [6.45, 7) is 5.03. The molecular weight excluding hydrogens is 254 g/mol. The molecule has 0 aromatic heterocycles. The van der Waals surface area contributed by atoms with Crippen LogP contribution in [0.4, 0.5) is 0 Å². The summed E-state index contributed by atoms with van der Waals surface area (Å²) in [5.41, 5.74) is 0.861. The highest BCUT2D eigenvalue weighted by Gasteiger charge is 2.58. The van der Waals surface area contributed by atoms with E-state index < -0.39 is 5.41 Å². The van der Waals surface area contributed by atoms with Gasteiger partial charge < -0.3 is 9.47 Å². The topological polar surface area (TPSA) is 38.8 Å². The van der Waals surface area contributed by atoms with Crippen LogP contribution in [0.1, 0.15) is 18.9 Å². The molecular formula is C16H21NO3. The number of carbonyl (C=O) groups excluding carboxylic acids is 1. The molecule has 2 aliphatic rings. The minimum Gasteiger partial charge on any atom is -0.469 e. The lowest BCUT2D eigenvalue weighted by molar-refractivity contribution is -0.152. The van der Waals surface area contributed by atoms with E-state index >= 15 is 0 Å². The van der Waals surface area contributed by atoms with Crippen molar-refractivity contribution in [2.24, 2.45) is 5.41 Å². The minimum absolute atomic E-state index is 0.0127. The van der Waals surface area contributed by atoms with Crippen LogP contribution >= 0.6 is 0 Å². The SMILES string of the molecule is COC(=O)C1(C)CN(Cc2ccccc2)C2(COC2)C1. The molecule has 2 heterocycles. The molecule has 2 aliphatic heterocycles. The van der Waals surface area contributed by atoms with Crippen molar-refractivity contribution in [2.45, 2.75) is 25.4 Å². The molecule has 4 heteroatoms. The van der Waals surface area contributed by atoms with E-state index in [1.807, 2.05) is 13.0 Å². The molecule has 0 aliphatic carbocycles. The fraction of sp³-hybridized carbons (Fsp3) is 0.562. The van der Waals surface area contributed by atoms with Gasteiger partial charge in [-0.1, -0.05) is 30.3 Å². The van der Waals surface area contributed by atoms with Crippen molar-refractivity contribution in [3.63, 3.8) is 0 Å². The summed E-state index contributed by atoms with van der Waals surface area (Å²) < 4.78 is 10.4. The van der Waals surface area contributed by atoms with Gasteiger partial charge in [0, 0.05) is 13.1 Å². The van der Waals surface area contributed by atoms with Gasteiger partial charge in [-0.3, -0.25) is 9.69 Å². The maximum atomic E-state index is 12.1. The molecule has 1 aromatic rings. The normalized spacial score (nSPS) is 28.3. The fourth-order valence-electron chi connectivity index (χ4n) is 3.52. The number of hydrogen-bond acceptors (Lipinski definition) is 4. The maximum absolute atomic E-state index is 12.1. The average molecular weight is 275 g/mol. The van der Waals surface area contributed by atoms with Crippen molar-refractivity contribution < 1.29 is 14.3 Å². The standard InChI is InChI=1S/C16H21NO3/c1-15(14(18)19-2)9-16(11-20-12-16)17(10-15)8-13-6-4-3-5-7-13/h3-7H,8-12H2,1-2H3. The van der Waals surface area contributed by atoms with Gasteiger partial charge in [0.05, 0.1) is 31.3 Å². The van der Waals surface area contributed by atoms with Crippen LogP contribution in [0.15, 0.2) is 30.3 Å². The molecule has 1 aromatic carbocycles. The van der Waals surface area contributed by atoms with Crippen molar-refractivity contribution in [2.75, 3.05) is 26.9 Å². The quantitative estimate of drug-likeness (QED) is 0.789. The van der Waals surface area contributed by atoms with Crippen LogP contribution in [-0.4, -0.2) is 43.3 Å². The molecule has 1 spiro atoms. The Balaban J connectivity index is 1.81. The number of carbonyl (C=O) groups is 1. The summed E-state index contributed by atoms with van der Waals surface area (Å²) in [6, 6.07) is 10.4. The Morgan fingerprint density at radius 2 is 2.05 bits per heavy atom. The van der Waals surface area contributed by atoms with Gasteiger partial charge in [0.2, 0.25) is 0 Å². The Morgan fingerprint density at radius 3 is 2.60 bits per heavy atom. The van der Waals surface area contributed by atoms with Crippen LogP contribution in [0.3, 0.4) is 0 Å². The molecule has 0 amide bonds. The summed E-state index contributed by atoms with van der Waals surface area (Å²) >= 11 is 0. The summed E-state index contributed by atoms with van der Waals surface area (Å²) in [5.74, 6) is -0.112. The molecule has 1 unspecified atom stereocenters. The first-order chi connectivity index (χ1) is 9.58. The number of benzene rings is 1. The van der Waals surface area contributed by atoms with Gasteiger partial charge in [-0.15, -0.1) is 0 Å². The van der Waals surface area contributed by atoms with Crippen LogP contribution in [0.5, 0.6) is 0 Å². The lowest BCUT2D eigenvalue weighted by Crippen LogP contribution is -2.58. The number of rotatable bonds is 3. The van der Waals surface area contributed by atoms with Crippen molar-refractivity contribution in [1.29, 1.82) is 0 Å². The van der Waals surface area contributed by atoms with Crippen LogP contribution < -0.4 is 0 Å². The first-order valence-electron chi connectivity index (χ1n) is 7.03. The second-order valence-corrected chi connectivity index (χ2v) is 6.29. The van der Waals surface area contributed by atoms with E-state index in [0.29, 0.717) is 13.2 Å². The van der Waals surface area contributed by atoms with Gasteiger partial charge in [-0.05, 0) is 18.9 Å². The highest BCUT2D eigenvalue weighted by atomic mass is 16.5. The number of hydrogen-bond donors (Lipinski definition) is 0. The predicted molar refractivity (Wildman–Crippen MR) is 75.1 cm³/mol. The van der Waals surface area contributed by atoms with Gasteiger partial charge in [0.15, 0.2) is 0 Å². The summed E-state index contributed by atoms with van der Waals surface area (Å²) in [5, 5.41) is 0. The summed E-state index contributed by atoms with van der Waals surface area (Å²) in [4.78, 5) is 14.5. The Morgan fingerprint density at radius 1 is 1.35 bits per heavy atom. The van der Waals surface area contributed by atoms with Crippen molar-refractivity contribution in [3.05, 3.63) is 35.9 Å². The molecule has 1 atom stereocenters. The second kappa shape index (κ2) is 4.86. The van der Waals surface area contributed by atoms with E-state index in [4.69, 9.17) is 9.47 Å². The molecule has 0 bridgehead atoms. The number of esters is 1. The van der Waals surface area contributed by atoms with E-state index in [1.165, 1.54) is 12.7 Å². The van der Waals surface area contributed by atoms with Gasteiger partial charge in [-0.25, -0.2) is 0 Å². The third kappa shape index (κ3) is 2.13. The third-order valence-electron chi connectivity index (χ3n) is 4.57. The highest BCUT2D eigenvalue weighted by Crippen LogP contribution is 2.46. The third-order valence-corrected chi connectivity index (χ3v) is 4.57. The van der Waals surface area contributed by atoms with Crippen LogP contribution in [0.2, 0.25) is 0 Å².